The van der Waals surface area contributed by atoms with Crippen molar-refractivity contribution >= 4 is 23.4 Å². The average molecular weight is 474 g/mol. The van der Waals surface area contributed by atoms with E-state index in [0.29, 0.717) is 41.4 Å². The Morgan fingerprint density at radius 1 is 1.06 bits per heavy atom. The van der Waals surface area contributed by atoms with Crippen LogP contribution in [-0.2, 0) is 4.79 Å². The summed E-state index contributed by atoms with van der Waals surface area (Å²) in [6.07, 6.45) is 3.48. The van der Waals surface area contributed by atoms with E-state index >= 15 is 0 Å². The van der Waals surface area contributed by atoms with Crippen molar-refractivity contribution in [1.82, 2.24) is 19.7 Å². The lowest BCUT2D eigenvalue weighted by molar-refractivity contribution is -0.115. The van der Waals surface area contributed by atoms with Gasteiger partial charge in [-0.15, -0.1) is 10.2 Å². The maximum Gasteiger partial charge on any atom is 0.237 e. The third-order valence-corrected chi connectivity index (χ3v) is 6.41. The highest BCUT2D eigenvalue weighted by atomic mass is 32.2. The molecule has 1 atom stereocenters. The van der Waals surface area contributed by atoms with Crippen LogP contribution in [0.25, 0.3) is 17.1 Å². The Balaban J connectivity index is 1.41. The van der Waals surface area contributed by atoms with E-state index in [1.54, 1.807) is 30.6 Å². The Kier molecular flexibility index (Phi) is 6.18. The van der Waals surface area contributed by atoms with Gasteiger partial charge >= 0.3 is 0 Å². The zero-order valence-electron chi connectivity index (χ0n) is 18.8. The molecule has 1 N–H and O–H groups in total. The number of nitrogens with one attached hydrogen (secondary N) is 1. The number of thioether (sulfide) groups is 1. The lowest BCUT2D eigenvalue weighted by Crippen LogP contribution is -2.23. The molecule has 4 aromatic rings. The van der Waals surface area contributed by atoms with Crippen LogP contribution in [0.1, 0.15) is 12.5 Å². The number of fused-ring (bicyclic) bond motifs is 1. The van der Waals surface area contributed by atoms with E-state index in [1.165, 1.54) is 11.8 Å². The van der Waals surface area contributed by atoms with E-state index in [1.807, 2.05) is 54.8 Å². The van der Waals surface area contributed by atoms with Crippen molar-refractivity contribution in [3.63, 3.8) is 0 Å². The summed E-state index contributed by atoms with van der Waals surface area (Å²) in [4.78, 5) is 17.2. The standard InChI is InChI=1S/C25H23N5O3S/c1-16-6-3-4-8-20(16)30-23(18-7-5-11-26-15-18)28-29-25(30)34-17(2)24(31)27-19-9-10-21-22(14-19)33-13-12-32-21/h3-11,14-15,17H,12-13H2,1-2H3,(H,27,31). The van der Waals surface area contributed by atoms with Gasteiger partial charge in [0.15, 0.2) is 22.5 Å². The summed E-state index contributed by atoms with van der Waals surface area (Å²) in [5.74, 6) is 1.83. The predicted octanol–water partition coefficient (Wildman–Crippen LogP) is 4.53. The van der Waals surface area contributed by atoms with Gasteiger partial charge in [-0.2, -0.15) is 0 Å². The van der Waals surface area contributed by atoms with E-state index in [-0.39, 0.29) is 5.91 Å². The van der Waals surface area contributed by atoms with E-state index in [9.17, 15) is 4.79 Å². The lowest BCUT2D eigenvalue weighted by atomic mass is 10.2. The number of ether oxygens (including phenoxy) is 2. The van der Waals surface area contributed by atoms with Crippen molar-refractivity contribution in [3.8, 4) is 28.6 Å². The largest absolute Gasteiger partial charge is 0.486 e. The number of aryl methyl sites for hydroxylation is 1. The molecule has 0 radical (unpaired) electrons. The number of hydrogen-bond donors (Lipinski definition) is 1. The van der Waals surface area contributed by atoms with Crippen molar-refractivity contribution in [2.24, 2.45) is 0 Å². The number of amides is 1. The zero-order chi connectivity index (χ0) is 23.5. The summed E-state index contributed by atoms with van der Waals surface area (Å²) < 4.78 is 13.1. The summed E-state index contributed by atoms with van der Waals surface area (Å²) in [5, 5.41) is 12.0. The van der Waals surface area contributed by atoms with Gasteiger partial charge in [0.1, 0.15) is 13.2 Å². The second-order valence-corrected chi connectivity index (χ2v) is 9.09. The quantitative estimate of drug-likeness (QED) is 0.412. The Bertz CT molecular complexity index is 1330. The van der Waals surface area contributed by atoms with Gasteiger partial charge in [-0.05, 0) is 49.7 Å². The number of pyridine rings is 1. The highest BCUT2D eigenvalue weighted by Crippen LogP contribution is 2.34. The number of aromatic nitrogens is 4. The van der Waals surface area contributed by atoms with Gasteiger partial charge in [-0.1, -0.05) is 30.0 Å². The average Bonchev–Trinajstić information content (AvgIpc) is 3.28. The second kappa shape index (κ2) is 9.56. The molecule has 172 valence electrons. The van der Waals surface area contributed by atoms with Crippen molar-refractivity contribution in [1.29, 1.82) is 0 Å². The molecular formula is C25H23N5O3S. The van der Waals surface area contributed by atoms with E-state index in [0.717, 1.165) is 16.8 Å². The fourth-order valence-electron chi connectivity index (χ4n) is 3.64. The minimum atomic E-state index is -0.429. The maximum atomic E-state index is 13.0. The van der Waals surface area contributed by atoms with Crippen LogP contribution in [0.4, 0.5) is 5.69 Å². The summed E-state index contributed by atoms with van der Waals surface area (Å²) in [5.41, 5.74) is 3.52. The molecule has 0 saturated heterocycles. The third-order valence-electron chi connectivity index (χ3n) is 5.37. The Morgan fingerprint density at radius 2 is 1.88 bits per heavy atom. The number of carbonyl (C=O) groups is 1. The molecule has 3 heterocycles. The molecule has 34 heavy (non-hydrogen) atoms. The first kappa shape index (κ1) is 22.0. The smallest absolute Gasteiger partial charge is 0.237 e. The van der Waals surface area contributed by atoms with Gasteiger partial charge in [0.25, 0.3) is 0 Å². The van der Waals surface area contributed by atoms with Crippen LogP contribution in [0.15, 0.2) is 72.1 Å². The first-order valence-electron chi connectivity index (χ1n) is 10.9. The molecular weight excluding hydrogens is 450 g/mol. The van der Waals surface area contributed by atoms with E-state index in [4.69, 9.17) is 9.47 Å². The number of benzene rings is 2. The molecule has 2 aromatic heterocycles. The van der Waals surface area contributed by atoms with Gasteiger partial charge in [-0.25, -0.2) is 0 Å². The monoisotopic (exact) mass is 473 g/mol. The predicted molar refractivity (Wildman–Crippen MR) is 131 cm³/mol. The van der Waals surface area contributed by atoms with Crippen LogP contribution in [-0.4, -0.2) is 44.1 Å². The molecule has 0 spiro atoms. The normalized spacial score (nSPS) is 13.4. The fraction of sp³-hybridized carbons (Fsp3) is 0.200. The maximum absolute atomic E-state index is 13.0. The minimum absolute atomic E-state index is 0.149. The van der Waals surface area contributed by atoms with Crippen LogP contribution in [0.5, 0.6) is 11.5 Å². The van der Waals surface area contributed by atoms with Crippen molar-refractivity contribution < 1.29 is 14.3 Å². The molecule has 0 saturated carbocycles. The van der Waals surface area contributed by atoms with Crippen LogP contribution >= 0.6 is 11.8 Å². The van der Waals surface area contributed by atoms with E-state index < -0.39 is 5.25 Å². The van der Waals surface area contributed by atoms with Crippen LogP contribution in [0, 0.1) is 6.92 Å². The highest BCUT2D eigenvalue weighted by Gasteiger charge is 2.23. The summed E-state index contributed by atoms with van der Waals surface area (Å²) in [7, 11) is 0. The number of carbonyl (C=O) groups excluding carboxylic acids is 1. The van der Waals surface area contributed by atoms with Gasteiger partial charge in [0, 0.05) is 29.7 Å². The molecule has 0 bridgehead atoms. The Hall–Kier alpha value is -3.85. The third kappa shape index (κ3) is 4.47. The molecule has 0 fully saturated rings. The molecule has 8 nitrogen and oxygen atoms in total. The van der Waals surface area contributed by atoms with Gasteiger partial charge in [0.05, 0.1) is 10.9 Å². The van der Waals surface area contributed by atoms with E-state index in [2.05, 4.69) is 20.5 Å². The SMILES string of the molecule is Cc1ccccc1-n1c(SC(C)C(=O)Nc2ccc3c(c2)OCCO3)nnc1-c1cccnc1. The van der Waals surface area contributed by atoms with Crippen molar-refractivity contribution in [2.45, 2.75) is 24.3 Å². The molecule has 2 aromatic carbocycles. The molecule has 1 aliphatic heterocycles. The summed E-state index contributed by atoms with van der Waals surface area (Å²) >= 11 is 1.35. The Labute approximate surface area is 201 Å². The number of para-hydroxylation sites is 1. The van der Waals surface area contributed by atoms with Crippen molar-refractivity contribution in [3.05, 3.63) is 72.6 Å². The summed E-state index contributed by atoms with van der Waals surface area (Å²) in [6.45, 7) is 4.90. The van der Waals surface area contributed by atoms with Crippen molar-refractivity contribution in [2.75, 3.05) is 18.5 Å². The molecule has 9 heteroatoms. The molecule has 5 rings (SSSR count). The number of anilines is 1. The van der Waals surface area contributed by atoms with Crippen LogP contribution < -0.4 is 14.8 Å². The van der Waals surface area contributed by atoms with Gasteiger partial charge in [0.2, 0.25) is 5.91 Å². The Morgan fingerprint density at radius 3 is 2.68 bits per heavy atom. The number of hydrogen-bond acceptors (Lipinski definition) is 7. The topological polar surface area (TPSA) is 91.2 Å². The first-order chi connectivity index (χ1) is 16.6. The minimum Gasteiger partial charge on any atom is -0.486 e. The van der Waals surface area contributed by atoms with Crippen LogP contribution in [0.3, 0.4) is 0 Å². The summed E-state index contributed by atoms with van der Waals surface area (Å²) in [6, 6.07) is 17.2. The second-order valence-electron chi connectivity index (χ2n) is 7.78. The first-order valence-corrected chi connectivity index (χ1v) is 11.8. The molecule has 1 aliphatic rings. The van der Waals surface area contributed by atoms with Gasteiger partial charge < -0.3 is 14.8 Å². The molecule has 1 unspecified atom stereocenters. The number of nitrogens with zero attached hydrogens (tertiary/aromatic N) is 4. The number of rotatable bonds is 6. The molecule has 1 amide bonds. The van der Waals surface area contributed by atoms with Crippen LogP contribution in [0.2, 0.25) is 0 Å². The highest BCUT2D eigenvalue weighted by molar-refractivity contribution is 8.00. The van der Waals surface area contributed by atoms with Gasteiger partial charge in [-0.3, -0.25) is 14.3 Å². The molecule has 0 aliphatic carbocycles. The lowest BCUT2D eigenvalue weighted by Gasteiger charge is -2.19. The fourth-order valence-corrected chi connectivity index (χ4v) is 4.50. The zero-order valence-corrected chi connectivity index (χ0v) is 19.6.